The van der Waals surface area contributed by atoms with Crippen molar-refractivity contribution in [3.8, 4) is 0 Å². The number of primary amides is 1. The number of esters is 1. The Morgan fingerprint density at radius 2 is 1.77 bits per heavy atom. The minimum absolute atomic E-state index is 0.170. The predicted molar refractivity (Wildman–Crippen MR) is 91.7 cm³/mol. The lowest BCUT2D eigenvalue weighted by atomic mass is 10.2. The largest absolute Gasteiger partial charge is 0.449 e. The molecule has 0 spiro atoms. The first-order chi connectivity index (χ1) is 12.2. The quantitative estimate of drug-likeness (QED) is 0.715. The summed E-state index contributed by atoms with van der Waals surface area (Å²) < 4.78 is 32.0. The van der Waals surface area contributed by atoms with Crippen LogP contribution in [0.3, 0.4) is 0 Å². The monoisotopic (exact) mass is 383 g/mol. The minimum atomic E-state index is -3.85. The Kier molecular flexibility index (Phi) is 6.32. The van der Waals surface area contributed by atoms with Crippen LogP contribution in [0.1, 0.15) is 36.5 Å². The lowest BCUT2D eigenvalue weighted by molar-refractivity contribution is -0.127. The number of benzene rings is 1. The molecule has 3 N–H and O–H groups in total. The van der Waals surface area contributed by atoms with Crippen LogP contribution in [0.4, 0.5) is 4.79 Å². The Bertz CT molecular complexity index is 802. The Balaban J connectivity index is 2.24. The van der Waals surface area contributed by atoms with E-state index < -0.39 is 34.0 Å². The topological polar surface area (TPSA) is 136 Å². The maximum Gasteiger partial charge on any atom is 0.340 e. The third-order valence-corrected chi connectivity index (χ3v) is 5.90. The zero-order valence-corrected chi connectivity index (χ0v) is 15.1. The van der Waals surface area contributed by atoms with E-state index in [2.05, 4.69) is 0 Å². The number of piperidine rings is 1. The molecule has 1 aliphatic rings. The molecular weight excluding hydrogens is 362 g/mol. The summed E-state index contributed by atoms with van der Waals surface area (Å²) in [6, 6.07) is 4.58. The fourth-order valence-corrected chi connectivity index (χ4v) is 4.30. The van der Waals surface area contributed by atoms with Crippen molar-refractivity contribution >= 4 is 27.9 Å². The fraction of sp³-hybridized carbons (Fsp3) is 0.438. The zero-order chi connectivity index (χ0) is 19.3. The number of hydrogen-bond acceptors (Lipinski definition) is 6. The summed E-state index contributed by atoms with van der Waals surface area (Å²) >= 11 is 0. The maximum atomic E-state index is 12.9. The summed E-state index contributed by atoms with van der Waals surface area (Å²) in [7, 11) is -3.85. The number of nitrogens with zero attached hydrogens (tertiary/aromatic N) is 1. The molecular formula is C16H21N3O6S. The molecule has 0 bridgehead atoms. The van der Waals surface area contributed by atoms with Crippen LogP contribution in [0, 0.1) is 0 Å². The molecule has 26 heavy (non-hydrogen) atoms. The van der Waals surface area contributed by atoms with Crippen molar-refractivity contribution in [1.82, 2.24) is 9.62 Å². The number of ether oxygens (including phenoxy) is 1. The Hall–Kier alpha value is -2.46. The molecule has 1 aliphatic heterocycles. The van der Waals surface area contributed by atoms with Gasteiger partial charge in [0.25, 0.3) is 5.91 Å². The van der Waals surface area contributed by atoms with E-state index in [4.69, 9.17) is 10.5 Å². The zero-order valence-electron chi connectivity index (χ0n) is 14.3. The lowest BCUT2D eigenvalue weighted by Gasteiger charge is -2.26. The summed E-state index contributed by atoms with van der Waals surface area (Å²) in [5.74, 6) is -1.88. The first-order valence-corrected chi connectivity index (χ1v) is 9.58. The highest BCUT2D eigenvalue weighted by atomic mass is 32.2. The number of hydrogen-bond donors (Lipinski definition) is 2. The average molecular weight is 383 g/mol. The standard InChI is InChI=1S/C16H21N3O6S/c1-11(14(20)18-16(17)22)25-15(21)12-7-3-4-8-13(12)26(23,24)19-9-5-2-6-10-19/h3-4,7-8,11H,2,5-6,9-10H2,1H3,(H3,17,18,20,22). The minimum Gasteiger partial charge on any atom is -0.449 e. The predicted octanol–water partition coefficient (Wildman–Crippen LogP) is 0.601. The molecule has 0 aromatic heterocycles. The third-order valence-electron chi connectivity index (χ3n) is 3.94. The number of nitrogens with one attached hydrogen (secondary N) is 1. The normalized spacial score (nSPS) is 16.5. The molecule has 1 aromatic rings. The van der Waals surface area contributed by atoms with Crippen molar-refractivity contribution in [2.24, 2.45) is 5.73 Å². The van der Waals surface area contributed by atoms with Crippen LogP contribution in [-0.2, 0) is 19.6 Å². The number of amides is 3. The molecule has 9 nitrogen and oxygen atoms in total. The molecule has 3 amide bonds. The van der Waals surface area contributed by atoms with Gasteiger partial charge in [-0.1, -0.05) is 18.6 Å². The van der Waals surface area contributed by atoms with Crippen LogP contribution in [-0.4, -0.2) is 49.8 Å². The molecule has 0 aliphatic carbocycles. The van der Waals surface area contributed by atoms with Gasteiger partial charge in [-0.05, 0) is 31.9 Å². The van der Waals surface area contributed by atoms with Crippen molar-refractivity contribution in [1.29, 1.82) is 0 Å². The smallest absolute Gasteiger partial charge is 0.340 e. The second kappa shape index (κ2) is 8.28. The SMILES string of the molecule is CC(OC(=O)c1ccccc1S(=O)(=O)N1CCCCC1)C(=O)NC(N)=O. The van der Waals surface area contributed by atoms with Crippen LogP contribution in [0.15, 0.2) is 29.2 Å². The summed E-state index contributed by atoms with van der Waals surface area (Å²) in [5.41, 5.74) is 4.67. The van der Waals surface area contributed by atoms with Crippen molar-refractivity contribution < 1.29 is 27.5 Å². The van der Waals surface area contributed by atoms with Gasteiger partial charge < -0.3 is 10.5 Å². The number of urea groups is 1. The van der Waals surface area contributed by atoms with Gasteiger partial charge in [0, 0.05) is 13.1 Å². The second-order valence-electron chi connectivity index (χ2n) is 5.86. The molecule has 142 valence electrons. The van der Waals surface area contributed by atoms with Gasteiger partial charge in [0.2, 0.25) is 10.0 Å². The number of rotatable bonds is 5. The molecule has 1 atom stereocenters. The van der Waals surface area contributed by atoms with Gasteiger partial charge in [0.05, 0.1) is 10.5 Å². The van der Waals surface area contributed by atoms with Gasteiger partial charge in [-0.15, -0.1) is 0 Å². The average Bonchev–Trinajstić information content (AvgIpc) is 2.61. The number of carbonyl (C=O) groups is 3. The van der Waals surface area contributed by atoms with Crippen molar-refractivity contribution in [2.75, 3.05) is 13.1 Å². The van der Waals surface area contributed by atoms with E-state index in [-0.39, 0.29) is 10.5 Å². The molecule has 10 heteroatoms. The van der Waals surface area contributed by atoms with Crippen LogP contribution in [0.25, 0.3) is 0 Å². The first-order valence-electron chi connectivity index (χ1n) is 8.14. The highest BCUT2D eigenvalue weighted by molar-refractivity contribution is 7.89. The van der Waals surface area contributed by atoms with Gasteiger partial charge in [-0.2, -0.15) is 4.31 Å². The van der Waals surface area contributed by atoms with E-state index in [9.17, 15) is 22.8 Å². The molecule has 0 radical (unpaired) electrons. The molecule has 0 saturated carbocycles. The molecule has 1 saturated heterocycles. The molecule has 2 rings (SSSR count). The summed E-state index contributed by atoms with van der Waals surface area (Å²) in [6.45, 7) is 2.03. The first kappa shape index (κ1) is 19.9. The Morgan fingerprint density at radius 3 is 2.38 bits per heavy atom. The molecule has 1 aromatic carbocycles. The molecule has 1 unspecified atom stereocenters. The number of nitrogens with two attached hydrogens (primary N) is 1. The van der Waals surface area contributed by atoms with Gasteiger partial charge in [-0.25, -0.2) is 18.0 Å². The van der Waals surface area contributed by atoms with Crippen molar-refractivity contribution in [2.45, 2.75) is 37.2 Å². The number of sulfonamides is 1. The van der Waals surface area contributed by atoms with E-state index in [1.54, 1.807) is 5.32 Å². The summed E-state index contributed by atoms with van der Waals surface area (Å²) in [6.07, 6.45) is 1.16. The van der Waals surface area contributed by atoms with Crippen molar-refractivity contribution in [3.63, 3.8) is 0 Å². The van der Waals surface area contributed by atoms with Crippen LogP contribution in [0.2, 0.25) is 0 Å². The molecule has 1 fully saturated rings. The van der Waals surface area contributed by atoms with E-state index in [0.29, 0.717) is 13.1 Å². The number of carbonyl (C=O) groups excluding carboxylic acids is 3. The molecule has 1 heterocycles. The van der Waals surface area contributed by atoms with E-state index >= 15 is 0 Å². The van der Waals surface area contributed by atoms with Gasteiger partial charge in [0.15, 0.2) is 6.10 Å². The Labute approximate surface area is 151 Å². The van der Waals surface area contributed by atoms with E-state index in [1.807, 2.05) is 0 Å². The number of imide groups is 1. The van der Waals surface area contributed by atoms with Crippen LogP contribution >= 0.6 is 0 Å². The highest BCUT2D eigenvalue weighted by Crippen LogP contribution is 2.24. The maximum absolute atomic E-state index is 12.9. The van der Waals surface area contributed by atoms with Gasteiger partial charge in [-0.3, -0.25) is 10.1 Å². The lowest BCUT2D eigenvalue weighted by Crippen LogP contribution is -2.42. The van der Waals surface area contributed by atoms with E-state index in [0.717, 1.165) is 19.3 Å². The summed E-state index contributed by atoms with van der Waals surface area (Å²) in [5, 5.41) is 1.79. The summed E-state index contributed by atoms with van der Waals surface area (Å²) in [4.78, 5) is 34.6. The second-order valence-corrected chi connectivity index (χ2v) is 7.77. The van der Waals surface area contributed by atoms with Gasteiger partial charge in [0.1, 0.15) is 0 Å². The Morgan fingerprint density at radius 1 is 1.15 bits per heavy atom. The van der Waals surface area contributed by atoms with Crippen LogP contribution < -0.4 is 11.1 Å². The highest BCUT2D eigenvalue weighted by Gasteiger charge is 2.31. The van der Waals surface area contributed by atoms with Crippen molar-refractivity contribution in [3.05, 3.63) is 29.8 Å². The van der Waals surface area contributed by atoms with Gasteiger partial charge >= 0.3 is 12.0 Å². The third kappa shape index (κ3) is 4.58. The fourth-order valence-electron chi connectivity index (χ4n) is 2.61. The van der Waals surface area contributed by atoms with E-state index in [1.165, 1.54) is 35.5 Å². The van der Waals surface area contributed by atoms with Crippen LogP contribution in [0.5, 0.6) is 0 Å².